The first-order chi connectivity index (χ1) is 12.2. The molecule has 0 saturated carbocycles. The second-order valence-corrected chi connectivity index (χ2v) is 6.47. The van der Waals surface area contributed by atoms with Gasteiger partial charge in [-0.25, -0.2) is 4.79 Å². The normalized spacial score (nSPS) is 16.6. The van der Waals surface area contributed by atoms with Gasteiger partial charge in [-0.1, -0.05) is 60.7 Å². The highest BCUT2D eigenvalue weighted by molar-refractivity contribution is 6.19. The van der Waals surface area contributed by atoms with Crippen molar-refractivity contribution < 1.29 is 9.59 Å². The van der Waals surface area contributed by atoms with Crippen LogP contribution in [-0.4, -0.2) is 46.6 Å². The fraction of sp³-hybridized carbons (Fsp3) is 0.263. The number of hydrogen-bond donors (Lipinski definition) is 0. The molecule has 0 atom stereocenters. The number of benzene rings is 2. The average Bonchev–Trinajstić information content (AvgIpc) is 2.86. The standard InChI is InChI=1S/C19H18Cl2N2O2/c20-11-13-22-17(24)19(15-7-3-1-4-8-15,16-9-5-2-6-10-16)23(14-12-21)18(22)25/h1-10H,11-14H2. The first kappa shape index (κ1) is 17.8. The second kappa shape index (κ2) is 7.46. The van der Waals surface area contributed by atoms with Gasteiger partial charge in [-0.15, -0.1) is 23.2 Å². The highest BCUT2D eigenvalue weighted by Gasteiger charge is 2.58. The maximum Gasteiger partial charge on any atom is 0.328 e. The predicted octanol–water partition coefficient (Wildman–Crippen LogP) is 3.67. The molecule has 0 aliphatic carbocycles. The molecule has 3 rings (SSSR count). The molecule has 2 aromatic carbocycles. The first-order valence-electron chi connectivity index (χ1n) is 8.04. The predicted molar refractivity (Wildman–Crippen MR) is 98.9 cm³/mol. The molecule has 1 heterocycles. The van der Waals surface area contributed by atoms with E-state index in [9.17, 15) is 9.59 Å². The fourth-order valence-corrected chi connectivity index (χ4v) is 3.74. The lowest BCUT2D eigenvalue weighted by atomic mass is 9.81. The van der Waals surface area contributed by atoms with Crippen LogP contribution in [0.4, 0.5) is 4.79 Å². The Morgan fingerprint density at radius 1 is 0.760 bits per heavy atom. The van der Waals surface area contributed by atoms with Gasteiger partial charge in [-0.3, -0.25) is 9.69 Å². The molecular weight excluding hydrogens is 359 g/mol. The number of amides is 3. The smallest absolute Gasteiger partial charge is 0.300 e. The van der Waals surface area contributed by atoms with Crippen LogP contribution in [0.2, 0.25) is 0 Å². The number of halogens is 2. The lowest BCUT2D eigenvalue weighted by Crippen LogP contribution is -2.48. The van der Waals surface area contributed by atoms with Crippen LogP contribution >= 0.6 is 23.2 Å². The van der Waals surface area contributed by atoms with E-state index in [-0.39, 0.29) is 36.8 Å². The fourth-order valence-electron chi connectivity index (χ4n) is 3.40. The highest BCUT2D eigenvalue weighted by atomic mass is 35.5. The molecule has 1 aliphatic heterocycles. The van der Waals surface area contributed by atoms with E-state index in [1.54, 1.807) is 4.90 Å². The SMILES string of the molecule is O=C1N(CCCl)C(=O)C(c2ccccc2)(c2ccccc2)N1CCCl. The van der Waals surface area contributed by atoms with Crippen molar-refractivity contribution in [2.45, 2.75) is 5.54 Å². The number of urea groups is 1. The third kappa shape index (κ3) is 2.79. The van der Waals surface area contributed by atoms with Gasteiger partial charge in [0.05, 0.1) is 0 Å². The van der Waals surface area contributed by atoms with Crippen LogP contribution in [0.15, 0.2) is 60.7 Å². The Bertz CT molecular complexity index is 713. The van der Waals surface area contributed by atoms with E-state index in [0.29, 0.717) is 0 Å². The van der Waals surface area contributed by atoms with Crippen molar-refractivity contribution in [2.75, 3.05) is 24.8 Å². The zero-order chi connectivity index (χ0) is 17.9. The largest absolute Gasteiger partial charge is 0.328 e. The molecule has 1 aliphatic rings. The van der Waals surface area contributed by atoms with Gasteiger partial charge in [0.1, 0.15) is 0 Å². The van der Waals surface area contributed by atoms with Crippen molar-refractivity contribution in [1.29, 1.82) is 0 Å². The van der Waals surface area contributed by atoms with Gasteiger partial charge >= 0.3 is 6.03 Å². The zero-order valence-electron chi connectivity index (χ0n) is 13.6. The molecule has 2 aromatic rings. The van der Waals surface area contributed by atoms with E-state index in [4.69, 9.17) is 23.2 Å². The molecule has 0 aromatic heterocycles. The van der Waals surface area contributed by atoms with Gasteiger partial charge in [0.15, 0.2) is 5.54 Å². The molecule has 25 heavy (non-hydrogen) atoms. The second-order valence-electron chi connectivity index (χ2n) is 5.71. The molecule has 1 saturated heterocycles. The lowest BCUT2D eigenvalue weighted by Gasteiger charge is -2.36. The van der Waals surface area contributed by atoms with Crippen molar-refractivity contribution in [3.05, 3.63) is 71.8 Å². The number of carbonyl (C=O) groups is 2. The van der Waals surface area contributed by atoms with Gasteiger partial charge in [0.25, 0.3) is 5.91 Å². The van der Waals surface area contributed by atoms with Crippen LogP contribution in [-0.2, 0) is 10.3 Å². The van der Waals surface area contributed by atoms with Crippen molar-refractivity contribution in [3.8, 4) is 0 Å². The molecule has 6 heteroatoms. The summed E-state index contributed by atoms with van der Waals surface area (Å²) in [6.45, 7) is 0.425. The number of nitrogens with zero attached hydrogens (tertiary/aromatic N) is 2. The van der Waals surface area contributed by atoms with E-state index >= 15 is 0 Å². The summed E-state index contributed by atoms with van der Waals surface area (Å²) in [7, 11) is 0. The minimum atomic E-state index is -1.22. The summed E-state index contributed by atoms with van der Waals surface area (Å²) in [5.74, 6) is 0.127. The monoisotopic (exact) mass is 376 g/mol. The molecule has 130 valence electrons. The van der Waals surface area contributed by atoms with Gasteiger partial charge in [-0.2, -0.15) is 0 Å². The number of carbonyl (C=O) groups excluding carboxylic acids is 2. The van der Waals surface area contributed by atoms with E-state index in [0.717, 1.165) is 11.1 Å². The summed E-state index contributed by atoms with van der Waals surface area (Å²) in [5, 5.41) is 0. The quantitative estimate of drug-likeness (QED) is 0.569. The third-order valence-corrected chi connectivity index (χ3v) is 4.76. The van der Waals surface area contributed by atoms with Crippen molar-refractivity contribution in [1.82, 2.24) is 9.80 Å². The van der Waals surface area contributed by atoms with Crippen LogP contribution < -0.4 is 0 Å². The average molecular weight is 377 g/mol. The minimum absolute atomic E-state index is 0.166. The zero-order valence-corrected chi connectivity index (χ0v) is 15.1. The van der Waals surface area contributed by atoms with Crippen LogP contribution in [0.25, 0.3) is 0 Å². The van der Waals surface area contributed by atoms with E-state index in [1.807, 2.05) is 60.7 Å². The number of alkyl halides is 2. The number of imide groups is 1. The molecule has 1 fully saturated rings. The molecule has 0 spiro atoms. The maximum absolute atomic E-state index is 13.5. The maximum atomic E-state index is 13.5. The van der Waals surface area contributed by atoms with Crippen LogP contribution in [0.1, 0.15) is 11.1 Å². The Morgan fingerprint density at radius 2 is 1.24 bits per heavy atom. The van der Waals surface area contributed by atoms with Crippen molar-refractivity contribution >= 4 is 35.1 Å². The van der Waals surface area contributed by atoms with Gasteiger partial charge in [0, 0.05) is 24.8 Å². The Morgan fingerprint density at radius 3 is 1.68 bits per heavy atom. The van der Waals surface area contributed by atoms with Crippen molar-refractivity contribution in [3.63, 3.8) is 0 Å². The summed E-state index contributed by atoms with van der Waals surface area (Å²) in [6, 6.07) is 18.3. The van der Waals surface area contributed by atoms with E-state index in [1.165, 1.54) is 4.90 Å². The summed E-state index contributed by atoms with van der Waals surface area (Å²) < 4.78 is 0. The highest BCUT2D eigenvalue weighted by Crippen LogP contribution is 2.43. The van der Waals surface area contributed by atoms with Gasteiger partial charge in [0.2, 0.25) is 0 Å². The summed E-state index contributed by atoms with van der Waals surface area (Å²) in [6.07, 6.45) is 0. The summed E-state index contributed by atoms with van der Waals surface area (Å²) in [4.78, 5) is 29.2. The minimum Gasteiger partial charge on any atom is -0.300 e. The number of hydrogen-bond acceptors (Lipinski definition) is 2. The Hall–Kier alpha value is -2.04. The molecular formula is C19H18Cl2N2O2. The van der Waals surface area contributed by atoms with Crippen LogP contribution in [0.5, 0.6) is 0 Å². The lowest BCUT2D eigenvalue weighted by molar-refractivity contribution is -0.131. The Kier molecular flexibility index (Phi) is 5.30. The third-order valence-electron chi connectivity index (χ3n) is 4.42. The summed E-state index contributed by atoms with van der Waals surface area (Å²) >= 11 is 11.8. The molecule has 3 amide bonds. The summed E-state index contributed by atoms with van der Waals surface area (Å²) in [5.41, 5.74) is 0.254. The molecule has 0 unspecified atom stereocenters. The van der Waals surface area contributed by atoms with Crippen molar-refractivity contribution in [2.24, 2.45) is 0 Å². The van der Waals surface area contributed by atoms with Gasteiger partial charge in [-0.05, 0) is 11.1 Å². The van der Waals surface area contributed by atoms with E-state index < -0.39 is 5.54 Å². The molecule has 0 radical (unpaired) electrons. The Labute approximate surface area is 156 Å². The Balaban J connectivity index is 2.28. The molecule has 0 bridgehead atoms. The molecule has 4 nitrogen and oxygen atoms in total. The molecule has 0 N–H and O–H groups in total. The first-order valence-corrected chi connectivity index (χ1v) is 9.11. The topological polar surface area (TPSA) is 40.6 Å². The van der Waals surface area contributed by atoms with E-state index in [2.05, 4.69) is 0 Å². The van der Waals surface area contributed by atoms with Gasteiger partial charge < -0.3 is 4.90 Å². The van der Waals surface area contributed by atoms with Crippen LogP contribution in [0.3, 0.4) is 0 Å². The van der Waals surface area contributed by atoms with Crippen LogP contribution in [0, 0.1) is 0 Å². The number of rotatable bonds is 6.